The molecule has 0 fully saturated rings. The zero-order chi connectivity index (χ0) is 19.7. The average molecular weight is 388 g/mol. The molecule has 1 atom stereocenters. The molecule has 5 nitrogen and oxygen atoms in total. The molecule has 0 bridgehead atoms. The van der Waals surface area contributed by atoms with Crippen molar-refractivity contribution < 1.29 is 0 Å². The Labute approximate surface area is 167 Å². The zero-order valence-electron chi connectivity index (χ0n) is 17.2. The summed E-state index contributed by atoms with van der Waals surface area (Å²) in [6, 6.07) is 10.8. The largest absolute Gasteiger partial charge is 0.357 e. The first-order valence-electron chi connectivity index (χ1n) is 9.65. The van der Waals surface area contributed by atoms with Crippen LogP contribution in [-0.4, -0.2) is 36.1 Å². The van der Waals surface area contributed by atoms with Gasteiger partial charge in [-0.1, -0.05) is 30.3 Å². The Morgan fingerprint density at radius 2 is 1.96 bits per heavy atom. The van der Waals surface area contributed by atoms with Gasteiger partial charge in [0.05, 0.1) is 17.2 Å². The summed E-state index contributed by atoms with van der Waals surface area (Å²) >= 11 is 1.70. The minimum absolute atomic E-state index is 0.108. The minimum Gasteiger partial charge on any atom is -0.357 e. The van der Waals surface area contributed by atoms with Crippen molar-refractivity contribution in [2.24, 2.45) is 4.99 Å². The van der Waals surface area contributed by atoms with Gasteiger partial charge in [0.25, 0.3) is 0 Å². The third-order valence-electron chi connectivity index (χ3n) is 4.22. The Balaban J connectivity index is 1.87. The first-order chi connectivity index (χ1) is 12.9. The Morgan fingerprint density at radius 1 is 1.22 bits per heavy atom. The van der Waals surface area contributed by atoms with E-state index >= 15 is 0 Å². The van der Waals surface area contributed by atoms with Crippen molar-refractivity contribution in [3.63, 3.8) is 0 Å². The molecule has 0 saturated heterocycles. The lowest BCUT2D eigenvalue weighted by Crippen LogP contribution is -2.45. The number of nitrogens with zero attached hydrogens (tertiary/aromatic N) is 2. The lowest BCUT2D eigenvalue weighted by molar-refractivity contribution is 0.356. The standard InChI is InChI=1S/C21H33N5S/c1-6-22-20(23-13-12-19-14-27-17(3)25-19)24-15-21(4,5)26-16(2)18-10-8-7-9-11-18/h7-11,14,16,26H,6,12-13,15H2,1-5H3,(H2,22,23,24). The summed E-state index contributed by atoms with van der Waals surface area (Å²) < 4.78 is 0. The van der Waals surface area contributed by atoms with Crippen LogP contribution in [0.2, 0.25) is 0 Å². The lowest BCUT2D eigenvalue weighted by Gasteiger charge is -2.29. The van der Waals surface area contributed by atoms with Crippen molar-refractivity contribution in [1.82, 2.24) is 20.9 Å². The van der Waals surface area contributed by atoms with Gasteiger partial charge in [0.15, 0.2) is 5.96 Å². The molecule has 0 saturated carbocycles. The molecule has 1 aromatic heterocycles. The predicted octanol–water partition coefficient (Wildman–Crippen LogP) is 3.68. The van der Waals surface area contributed by atoms with E-state index in [1.165, 1.54) is 5.56 Å². The molecular weight excluding hydrogens is 354 g/mol. The van der Waals surface area contributed by atoms with Crippen molar-refractivity contribution in [2.75, 3.05) is 19.6 Å². The number of aromatic nitrogens is 1. The molecule has 1 unspecified atom stereocenters. The number of hydrogen-bond donors (Lipinski definition) is 3. The van der Waals surface area contributed by atoms with E-state index in [2.05, 4.69) is 78.3 Å². The molecule has 0 amide bonds. The van der Waals surface area contributed by atoms with E-state index in [1.807, 2.05) is 13.0 Å². The molecule has 3 N–H and O–H groups in total. The molecule has 2 rings (SSSR count). The highest BCUT2D eigenvalue weighted by atomic mass is 32.1. The van der Waals surface area contributed by atoms with Crippen LogP contribution in [0.25, 0.3) is 0 Å². The van der Waals surface area contributed by atoms with Gasteiger partial charge in [0, 0.05) is 36.5 Å². The number of nitrogens with one attached hydrogen (secondary N) is 3. The van der Waals surface area contributed by atoms with E-state index in [-0.39, 0.29) is 11.6 Å². The van der Waals surface area contributed by atoms with E-state index in [1.54, 1.807) is 11.3 Å². The zero-order valence-corrected chi connectivity index (χ0v) is 18.0. The Bertz CT molecular complexity index is 708. The molecule has 0 aliphatic carbocycles. The number of hydrogen-bond acceptors (Lipinski definition) is 4. The summed E-state index contributed by atoms with van der Waals surface area (Å²) in [7, 11) is 0. The van der Waals surface area contributed by atoms with Crippen LogP contribution in [0.4, 0.5) is 0 Å². The van der Waals surface area contributed by atoms with E-state index < -0.39 is 0 Å². The summed E-state index contributed by atoms with van der Waals surface area (Å²) in [6.07, 6.45) is 0.904. The van der Waals surface area contributed by atoms with Crippen molar-refractivity contribution in [1.29, 1.82) is 0 Å². The second-order valence-electron chi connectivity index (χ2n) is 7.39. The van der Waals surface area contributed by atoms with E-state index in [9.17, 15) is 0 Å². The third kappa shape index (κ3) is 7.69. The molecule has 0 radical (unpaired) electrons. The van der Waals surface area contributed by atoms with E-state index in [0.29, 0.717) is 6.54 Å². The molecule has 27 heavy (non-hydrogen) atoms. The van der Waals surface area contributed by atoms with Gasteiger partial charge >= 0.3 is 0 Å². The van der Waals surface area contributed by atoms with Crippen molar-refractivity contribution in [3.05, 3.63) is 52.0 Å². The summed E-state index contributed by atoms with van der Waals surface area (Å²) in [4.78, 5) is 9.29. The van der Waals surface area contributed by atoms with Crippen LogP contribution in [0.1, 0.15) is 50.0 Å². The maximum atomic E-state index is 4.78. The van der Waals surface area contributed by atoms with Crippen LogP contribution in [0.15, 0.2) is 40.7 Å². The average Bonchev–Trinajstić information content (AvgIpc) is 3.05. The first-order valence-corrected chi connectivity index (χ1v) is 10.5. The summed E-state index contributed by atoms with van der Waals surface area (Å²) in [5.74, 6) is 0.853. The Kier molecular flexibility index (Phi) is 8.25. The van der Waals surface area contributed by atoms with Crippen LogP contribution in [0, 0.1) is 6.92 Å². The maximum absolute atomic E-state index is 4.78. The number of thiazole rings is 1. The fourth-order valence-electron chi connectivity index (χ4n) is 2.91. The topological polar surface area (TPSA) is 61.3 Å². The number of benzene rings is 1. The van der Waals surface area contributed by atoms with Crippen molar-refractivity contribution in [2.45, 2.75) is 52.6 Å². The van der Waals surface area contributed by atoms with Crippen LogP contribution >= 0.6 is 11.3 Å². The molecular formula is C21H33N5S. The van der Waals surface area contributed by atoms with Crippen molar-refractivity contribution in [3.8, 4) is 0 Å². The highest BCUT2D eigenvalue weighted by Crippen LogP contribution is 2.16. The normalized spacial score (nSPS) is 13.4. The van der Waals surface area contributed by atoms with Crippen LogP contribution in [0.5, 0.6) is 0 Å². The molecule has 1 aromatic carbocycles. The lowest BCUT2D eigenvalue weighted by atomic mass is 10.0. The van der Waals surface area contributed by atoms with Gasteiger partial charge in [-0.2, -0.15) is 0 Å². The number of rotatable bonds is 9. The SMILES string of the molecule is CCNC(=NCC(C)(C)NC(C)c1ccccc1)NCCc1csc(C)n1. The Hall–Kier alpha value is -1.92. The quantitative estimate of drug-likeness (QED) is 0.454. The van der Waals surface area contributed by atoms with Crippen LogP contribution in [-0.2, 0) is 6.42 Å². The summed E-state index contributed by atoms with van der Waals surface area (Å²) in [6.45, 7) is 13.1. The highest BCUT2D eigenvalue weighted by molar-refractivity contribution is 7.09. The van der Waals surface area contributed by atoms with Gasteiger partial charge in [0.1, 0.15) is 0 Å². The van der Waals surface area contributed by atoms with E-state index in [0.717, 1.165) is 36.2 Å². The molecule has 2 aromatic rings. The molecule has 1 heterocycles. The molecule has 0 aliphatic rings. The summed E-state index contributed by atoms with van der Waals surface area (Å²) in [5, 5.41) is 13.7. The van der Waals surface area contributed by atoms with E-state index in [4.69, 9.17) is 4.99 Å². The van der Waals surface area contributed by atoms with Gasteiger partial charge < -0.3 is 16.0 Å². The fourth-order valence-corrected chi connectivity index (χ4v) is 3.55. The van der Waals surface area contributed by atoms with Gasteiger partial charge in [-0.25, -0.2) is 4.98 Å². The number of aliphatic imine (C=N–C) groups is 1. The van der Waals surface area contributed by atoms with Gasteiger partial charge in [-0.3, -0.25) is 4.99 Å². The molecule has 6 heteroatoms. The Morgan fingerprint density at radius 3 is 2.59 bits per heavy atom. The monoisotopic (exact) mass is 387 g/mol. The van der Waals surface area contributed by atoms with Gasteiger partial charge in [-0.15, -0.1) is 11.3 Å². The molecule has 148 valence electrons. The van der Waals surface area contributed by atoms with Crippen molar-refractivity contribution >= 4 is 17.3 Å². The smallest absolute Gasteiger partial charge is 0.191 e. The molecule has 0 aliphatic heterocycles. The number of guanidine groups is 1. The van der Waals surface area contributed by atoms with Crippen LogP contribution in [0.3, 0.4) is 0 Å². The maximum Gasteiger partial charge on any atom is 0.191 e. The fraction of sp³-hybridized carbons (Fsp3) is 0.524. The second kappa shape index (κ2) is 10.4. The first kappa shape index (κ1) is 21.4. The third-order valence-corrected chi connectivity index (χ3v) is 5.05. The minimum atomic E-state index is -0.108. The second-order valence-corrected chi connectivity index (χ2v) is 8.45. The van der Waals surface area contributed by atoms with Crippen LogP contribution < -0.4 is 16.0 Å². The summed E-state index contributed by atoms with van der Waals surface area (Å²) in [5.41, 5.74) is 2.32. The molecule has 0 spiro atoms. The van der Waals surface area contributed by atoms with Gasteiger partial charge in [-0.05, 0) is 40.2 Å². The predicted molar refractivity (Wildman–Crippen MR) is 117 cm³/mol. The van der Waals surface area contributed by atoms with Gasteiger partial charge in [0.2, 0.25) is 0 Å². The highest BCUT2D eigenvalue weighted by Gasteiger charge is 2.20. The number of aryl methyl sites for hydroxylation is 1.